The first kappa shape index (κ1) is 20.6. The number of aromatic nitrogens is 2. The van der Waals surface area contributed by atoms with Crippen molar-refractivity contribution in [3.05, 3.63) is 58.5 Å². The first-order valence-corrected chi connectivity index (χ1v) is 10.4. The molecule has 146 valence electrons. The summed E-state index contributed by atoms with van der Waals surface area (Å²) in [5.74, 6) is -0.276. The normalized spacial score (nSPS) is 15.5. The van der Waals surface area contributed by atoms with Crippen LogP contribution in [0.3, 0.4) is 0 Å². The van der Waals surface area contributed by atoms with E-state index in [4.69, 9.17) is 23.8 Å². The molecule has 0 radical (unpaired) electrons. The summed E-state index contributed by atoms with van der Waals surface area (Å²) in [7, 11) is 0. The maximum absolute atomic E-state index is 12.6. The fourth-order valence-corrected chi connectivity index (χ4v) is 4.16. The van der Waals surface area contributed by atoms with E-state index in [0.717, 1.165) is 18.5 Å². The standard InChI is InChI=1S/C19H19ClN4O2S2/c20-15-4-1-3-14(11-15)12-16-18(26)24(19(27)28-16)9-5-17(25)22-6-2-8-23-10-7-21-13-23/h1,3-4,7,10-13H,2,5-6,8-9H2,(H,22,25). The highest BCUT2D eigenvalue weighted by molar-refractivity contribution is 8.26. The lowest BCUT2D eigenvalue weighted by atomic mass is 10.2. The van der Waals surface area contributed by atoms with Crippen molar-refractivity contribution in [1.82, 2.24) is 19.8 Å². The first-order chi connectivity index (χ1) is 13.5. The number of hydrogen-bond acceptors (Lipinski definition) is 5. The van der Waals surface area contributed by atoms with Crippen molar-refractivity contribution < 1.29 is 9.59 Å². The maximum atomic E-state index is 12.6. The topological polar surface area (TPSA) is 67.2 Å². The number of hydrogen-bond donors (Lipinski definition) is 1. The van der Waals surface area contributed by atoms with Gasteiger partial charge in [-0.2, -0.15) is 0 Å². The van der Waals surface area contributed by atoms with Gasteiger partial charge in [0.25, 0.3) is 5.91 Å². The van der Waals surface area contributed by atoms with Gasteiger partial charge in [-0.25, -0.2) is 4.98 Å². The Morgan fingerprint density at radius 3 is 2.96 bits per heavy atom. The Labute approximate surface area is 177 Å². The SMILES string of the molecule is O=C(CCN1C(=O)C(=Cc2cccc(Cl)c2)SC1=S)NCCCn1ccnc1. The molecule has 2 amide bonds. The second-order valence-corrected chi connectivity index (χ2v) is 8.25. The molecule has 1 fully saturated rings. The van der Waals surface area contributed by atoms with E-state index in [1.165, 1.54) is 16.7 Å². The average Bonchev–Trinajstić information content (AvgIpc) is 3.26. The van der Waals surface area contributed by atoms with Crippen LogP contribution >= 0.6 is 35.6 Å². The fourth-order valence-electron chi connectivity index (χ4n) is 2.65. The van der Waals surface area contributed by atoms with E-state index in [9.17, 15) is 9.59 Å². The van der Waals surface area contributed by atoms with E-state index in [-0.39, 0.29) is 24.8 Å². The van der Waals surface area contributed by atoms with E-state index in [1.54, 1.807) is 30.7 Å². The third-order valence-electron chi connectivity index (χ3n) is 4.06. The van der Waals surface area contributed by atoms with Gasteiger partial charge in [0.2, 0.25) is 5.91 Å². The van der Waals surface area contributed by atoms with Crippen LogP contribution in [0.1, 0.15) is 18.4 Å². The Hall–Kier alpha value is -2.16. The largest absolute Gasteiger partial charge is 0.356 e. The number of thioether (sulfide) groups is 1. The van der Waals surface area contributed by atoms with Gasteiger partial charge in [-0.15, -0.1) is 0 Å². The Balaban J connectivity index is 1.45. The zero-order valence-electron chi connectivity index (χ0n) is 15.0. The highest BCUT2D eigenvalue weighted by Gasteiger charge is 2.32. The lowest BCUT2D eigenvalue weighted by molar-refractivity contribution is -0.123. The van der Waals surface area contributed by atoms with Gasteiger partial charge in [0, 0.05) is 43.5 Å². The van der Waals surface area contributed by atoms with Crippen molar-refractivity contribution in [3.8, 4) is 0 Å². The summed E-state index contributed by atoms with van der Waals surface area (Å²) >= 11 is 12.5. The van der Waals surface area contributed by atoms with Gasteiger partial charge >= 0.3 is 0 Å². The highest BCUT2D eigenvalue weighted by Crippen LogP contribution is 2.32. The lowest BCUT2D eigenvalue weighted by Crippen LogP contribution is -2.34. The zero-order valence-corrected chi connectivity index (χ0v) is 17.4. The van der Waals surface area contributed by atoms with E-state index >= 15 is 0 Å². The van der Waals surface area contributed by atoms with Crippen LogP contribution in [0.2, 0.25) is 5.02 Å². The van der Waals surface area contributed by atoms with Gasteiger partial charge in [-0.05, 0) is 30.2 Å². The third kappa shape index (κ3) is 5.67. The summed E-state index contributed by atoms with van der Waals surface area (Å²) in [4.78, 5) is 30.6. The average molecular weight is 435 g/mol. The lowest BCUT2D eigenvalue weighted by Gasteiger charge is -2.14. The van der Waals surface area contributed by atoms with Crippen molar-refractivity contribution in [2.75, 3.05) is 13.1 Å². The molecule has 0 saturated carbocycles. The van der Waals surface area contributed by atoms with Crippen molar-refractivity contribution in [3.63, 3.8) is 0 Å². The van der Waals surface area contributed by atoms with Crippen LogP contribution in [-0.4, -0.2) is 43.7 Å². The summed E-state index contributed by atoms with van der Waals surface area (Å²) < 4.78 is 2.42. The maximum Gasteiger partial charge on any atom is 0.266 e. The summed E-state index contributed by atoms with van der Waals surface area (Å²) in [6, 6.07) is 7.26. The van der Waals surface area contributed by atoms with Crippen molar-refractivity contribution in [2.24, 2.45) is 0 Å². The second kappa shape index (κ2) is 9.86. The van der Waals surface area contributed by atoms with Crippen molar-refractivity contribution in [1.29, 1.82) is 0 Å². The molecule has 0 unspecified atom stereocenters. The van der Waals surface area contributed by atoms with E-state index in [1.807, 2.05) is 22.9 Å². The molecular weight excluding hydrogens is 416 g/mol. The van der Waals surface area contributed by atoms with Crippen molar-refractivity contribution >= 4 is 57.8 Å². The molecule has 1 aromatic carbocycles. The number of halogens is 1. The van der Waals surface area contributed by atoms with Gasteiger partial charge in [-0.1, -0.05) is 47.7 Å². The van der Waals surface area contributed by atoms with Crippen molar-refractivity contribution in [2.45, 2.75) is 19.4 Å². The fraction of sp³-hybridized carbons (Fsp3) is 0.263. The minimum absolute atomic E-state index is 0.0986. The first-order valence-electron chi connectivity index (χ1n) is 8.76. The van der Waals surface area contributed by atoms with E-state index in [0.29, 0.717) is 20.8 Å². The molecule has 0 aliphatic carbocycles. The number of imidazole rings is 1. The van der Waals surface area contributed by atoms with Crippen LogP contribution in [0.25, 0.3) is 6.08 Å². The number of carbonyl (C=O) groups is 2. The number of nitrogens with one attached hydrogen (secondary N) is 1. The highest BCUT2D eigenvalue weighted by atomic mass is 35.5. The molecule has 28 heavy (non-hydrogen) atoms. The van der Waals surface area contributed by atoms with Gasteiger partial charge in [0.05, 0.1) is 11.2 Å². The van der Waals surface area contributed by atoms with Crippen LogP contribution < -0.4 is 5.32 Å². The Kier molecular flexibility index (Phi) is 7.24. The molecule has 1 aliphatic heterocycles. The summed E-state index contributed by atoms with van der Waals surface area (Å²) in [5.41, 5.74) is 0.837. The number of amides is 2. The molecule has 1 saturated heterocycles. The number of aryl methyl sites for hydroxylation is 1. The van der Waals surface area contributed by atoms with E-state index < -0.39 is 0 Å². The number of rotatable bonds is 8. The quantitative estimate of drug-likeness (QED) is 0.392. The van der Waals surface area contributed by atoms with Crippen LogP contribution in [0, 0.1) is 0 Å². The van der Waals surface area contributed by atoms with Gasteiger partial charge in [-0.3, -0.25) is 14.5 Å². The van der Waals surface area contributed by atoms with Crippen LogP contribution in [0.4, 0.5) is 0 Å². The number of nitrogens with zero attached hydrogens (tertiary/aromatic N) is 3. The predicted molar refractivity (Wildman–Crippen MR) is 116 cm³/mol. The van der Waals surface area contributed by atoms with E-state index in [2.05, 4.69) is 10.3 Å². The third-order valence-corrected chi connectivity index (χ3v) is 5.67. The minimum atomic E-state index is -0.178. The molecule has 2 heterocycles. The Bertz CT molecular complexity index is 899. The molecule has 0 spiro atoms. The molecule has 1 aliphatic rings. The molecule has 9 heteroatoms. The molecule has 0 atom stereocenters. The number of carbonyl (C=O) groups excluding carboxylic acids is 2. The molecule has 3 rings (SSSR count). The molecular formula is C19H19ClN4O2S2. The second-order valence-electron chi connectivity index (χ2n) is 6.14. The van der Waals surface area contributed by atoms with Gasteiger partial charge in [0.15, 0.2) is 0 Å². The van der Waals surface area contributed by atoms with Gasteiger partial charge in [0.1, 0.15) is 4.32 Å². The summed E-state index contributed by atoms with van der Waals surface area (Å²) in [6.07, 6.45) is 8.14. The molecule has 0 bridgehead atoms. The van der Waals surface area contributed by atoms with Gasteiger partial charge < -0.3 is 9.88 Å². The summed E-state index contributed by atoms with van der Waals surface area (Å²) in [5, 5.41) is 3.47. The van der Waals surface area contributed by atoms with Crippen LogP contribution in [0.15, 0.2) is 47.9 Å². The molecule has 6 nitrogen and oxygen atoms in total. The Morgan fingerprint density at radius 1 is 1.36 bits per heavy atom. The number of benzene rings is 1. The number of thiocarbonyl (C=S) groups is 1. The predicted octanol–water partition coefficient (Wildman–Crippen LogP) is 3.33. The van der Waals surface area contributed by atoms with Crippen LogP contribution in [0.5, 0.6) is 0 Å². The molecule has 1 N–H and O–H groups in total. The monoisotopic (exact) mass is 434 g/mol. The van der Waals surface area contributed by atoms with Crippen LogP contribution in [-0.2, 0) is 16.1 Å². The zero-order chi connectivity index (χ0) is 19.9. The summed E-state index contributed by atoms with van der Waals surface area (Å²) in [6.45, 7) is 1.64. The molecule has 1 aromatic heterocycles. The Morgan fingerprint density at radius 2 is 2.21 bits per heavy atom. The minimum Gasteiger partial charge on any atom is -0.356 e. The molecule has 2 aromatic rings. The smallest absolute Gasteiger partial charge is 0.266 e.